The van der Waals surface area contributed by atoms with Crippen molar-refractivity contribution in [2.24, 2.45) is 4.99 Å². The normalized spacial score (nSPS) is 17.9. The summed E-state index contributed by atoms with van der Waals surface area (Å²) in [4.78, 5) is 19.9. The standard InChI is InChI=1S/C19H22FN5/c1-13-5-8-22-18(20)15(13)12-25-9-6-16-14(11-25)10-23-19(24-16)17-4-2-3-7-21-17/h5,8,10H,2-4,6-7,9,11-12H2,1H3. The molecule has 25 heavy (non-hydrogen) atoms. The minimum absolute atomic E-state index is 0.368. The number of halogens is 1. The van der Waals surface area contributed by atoms with Gasteiger partial charge in [0.25, 0.3) is 0 Å². The fourth-order valence-electron chi connectivity index (χ4n) is 3.50. The molecule has 2 aliphatic heterocycles. The van der Waals surface area contributed by atoms with Crippen molar-refractivity contribution in [1.82, 2.24) is 19.9 Å². The molecule has 4 rings (SSSR count). The van der Waals surface area contributed by atoms with E-state index < -0.39 is 0 Å². The number of pyridine rings is 1. The Morgan fingerprint density at radius 2 is 2.12 bits per heavy atom. The Morgan fingerprint density at radius 3 is 2.92 bits per heavy atom. The smallest absolute Gasteiger partial charge is 0.217 e. The van der Waals surface area contributed by atoms with Gasteiger partial charge in [-0.25, -0.2) is 15.0 Å². The van der Waals surface area contributed by atoms with E-state index in [0.717, 1.165) is 67.3 Å². The first kappa shape index (κ1) is 16.3. The topological polar surface area (TPSA) is 54.3 Å². The number of aryl methyl sites for hydroxylation is 1. The van der Waals surface area contributed by atoms with E-state index in [2.05, 4.69) is 19.9 Å². The summed E-state index contributed by atoms with van der Waals surface area (Å²) in [6, 6.07) is 1.86. The van der Waals surface area contributed by atoms with Gasteiger partial charge in [-0.3, -0.25) is 9.89 Å². The van der Waals surface area contributed by atoms with Crippen molar-refractivity contribution < 1.29 is 4.39 Å². The van der Waals surface area contributed by atoms with Gasteiger partial charge in [0.05, 0.1) is 11.4 Å². The molecule has 0 atom stereocenters. The largest absolute Gasteiger partial charge is 0.294 e. The number of hydrogen-bond acceptors (Lipinski definition) is 5. The second kappa shape index (κ2) is 6.96. The Hall–Kier alpha value is -2.21. The van der Waals surface area contributed by atoms with Gasteiger partial charge in [-0.15, -0.1) is 0 Å². The predicted molar refractivity (Wildman–Crippen MR) is 94.0 cm³/mol. The summed E-state index contributed by atoms with van der Waals surface area (Å²) in [7, 11) is 0. The summed E-state index contributed by atoms with van der Waals surface area (Å²) < 4.78 is 14.0. The van der Waals surface area contributed by atoms with E-state index in [0.29, 0.717) is 12.1 Å². The second-order valence-electron chi connectivity index (χ2n) is 6.81. The van der Waals surface area contributed by atoms with Crippen LogP contribution in [0.2, 0.25) is 0 Å². The molecule has 0 amide bonds. The monoisotopic (exact) mass is 339 g/mol. The summed E-state index contributed by atoms with van der Waals surface area (Å²) >= 11 is 0. The summed E-state index contributed by atoms with van der Waals surface area (Å²) in [5.41, 5.74) is 4.91. The van der Waals surface area contributed by atoms with Gasteiger partial charge in [-0.2, -0.15) is 4.39 Å². The van der Waals surface area contributed by atoms with Gasteiger partial charge in [-0.05, 0) is 37.8 Å². The first-order valence-electron chi connectivity index (χ1n) is 8.91. The molecule has 0 aliphatic carbocycles. The molecular formula is C19H22FN5. The zero-order valence-corrected chi connectivity index (χ0v) is 14.5. The van der Waals surface area contributed by atoms with Gasteiger partial charge in [-0.1, -0.05) is 0 Å². The molecule has 0 radical (unpaired) electrons. The lowest BCUT2D eigenvalue weighted by atomic mass is 10.0. The van der Waals surface area contributed by atoms with E-state index in [1.54, 1.807) is 0 Å². The molecular weight excluding hydrogens is 317 g/mol. The molecule has 0 unspecified atom stereocenters. The fraction of sp³-hybridized carbons (Fsp3) is 0.474. The third-order valence-corrected chi connectivity index (χ3v) is 5.01. The molecule has 130 valence electrons. The maximum Gasteiger partial charge on any atom is 0.217 e. The number of nitrogens with zero attached hydrogens (tertiary/aromatic N) is 5. The molecule has 2 aromatic rings. The van der Waals surface area contributed by atoms with E-state index in [1.165, 1.54) is 12.6 Å². The molecule has 0 aromatic carbocycles. The van der Waals surface area contributed by atoms with Crippen molar-refractivity contribution in [2.45, 2.75) is 45.7 Å². The fourth-order valence-corrected chi connectivity index (χ4v) is 3.50. The first-order chi connectivity index (χ1) is 12.2. The molecule has 2 aliphatic rings. The van der Waals surface area contributed by atoms with E-state index >= 15 is 0 Å². The predicted octanol–water partition coefficient (Wildman–Crippen LogP) is 2.85. The van der Waals surface area contributed by atoms with Gasteiger partial charge in [0.1, 0.15) is 0 Å². The molecule has 0 saturated heterocycles. The molecule has 0 fully saturated rings. The quantitative estimate of drug-likeness (QED) is 0.807. The summed E-state index contributed by atoms with van der Waals surface area (Å²) in [5, 5.41) is 0. The van der Waals surface area contributed by atoms with Crippen molar-refractivity contribution in [2.75, 3.05) is 13.1 Å². The van der Waals surface area contributed by atoms with Gasteiger partial charge in [0, 0.05) is 56.1 Å². The van der Waals surface area contributed by atoms with Crippen LogP contribution in [0.15, 0.2) is 23.5 Å². The lowest BCUT2D eigenvalue weighted by molar-refractivity contribution is 0.238. The van der Waals surface area contributed by atoms with Crippen LogP contribution >= 0.6 is 0 Å². The van der Waals surface area contributed by atoms with Crippen LogP contribution in [0.3, 0.4) is 0 Å². The number of aromatic nitrogens is 3. The zero-order valence-electron chi connectivity index (χ0n) is 14.5. The third kappa shape index (κ3) is 3.44. The Bertz CT molecular complexity index is 797. The minimum atomic E-state index is -0.368. The number of fused-ring (bicyclic) bond motifs is 1. The van der Waals surface area contributed by atoms with Crippen molar-refractivity contribution in [3.8, 4) is 0 Å². The summed E-state index contributed by atoms with van der Waals surface area (Å²) in [6.45, 7) is 5.00. The third-order valence-electron chi connectivity index (χ3n) is 5.01. The molecule has 4 heterocycles. The van der Waals surface area contributed by atoms with Gasteiger partial charge >= 0.3 is 0 Å². The zero-order chi connectivity index (χ0) is 17.2. The van der Waals surface area contributed by atoms with E-state index in [4.69, 9.17) is 4.98 Å². The van der Waals surface area contributed by atoms with Crippen LogP contribution in [0.25, 0.3) is 0 Å². The average Bonchev–Trinajstić information content (AvgIpc) is 2.65. The van der Waals surface area contributed by atoms with Crippen LogP contribution in [0, 0.1) is 12.9 Å². The van der Waals surface area contributed by atoms with Crippen LogP contribution in [0.5, 0.6) is 0 Å². The highest BCUT2D eigenvalue weighted by molar-refractivity contribution is 5.97. The lowest BCUT2D eigenvalue weighted by Crippen LogP contribution is -2.32. The summed E-state index contributed by atoms with van der Waals surface area (Å²) in [6.07, 6.45) is 7.61. The van der Waals surface area contributed by atoms with Crippen LogP contribution in [0.1, 0.15) is 47.5 Å². The highest BCUT2D eigenvalue weighted by atomic mass is 19.1. The van der Waals surface area contributed by atoms with Crippen molar-refractivity contribution >= 4 is 5.71 Å². The van der Waals surface area contributed by atoms with E-state index in [-0.39, 0.29) is 5.95 Å². The number of rotatable bonds is 3. The molecule has 5 nitrogen and oxygen atoms in total. The highest BCUT2D eigenvalue weighted by Gasteiger charge is 2.21. The van der Waals surface area contributed by atoms with Crippen LogP contribution in [0.4, 0.5) is 4.39 Å². The van der Waals surface area contributed by atoms with E-state index in [9.17, 15) is 4.39 Å². The van der Waals surface area contributed by atoms with Gasteiger partial charge < -0.3 is 0 Å². The first-order valence-corrected chi connectivity index (χ1v) is 8.91. The molecule has 2 aromatic heterocycles. The molecule has 6 heteroatoms. The lowest BCUT2D eigenvalue weighted by Gasteiger charge is -2.28. The van der Waals surface area contributed by atoms with Crippen molar-refractivity contribution in [1.29, 1.82) is 0 Å². The molecule has 0 saturated carbocycles. The van der Waals surface area contributed by atoms with Gasteiger partial charge in [0.15, 0.2) is 5.82 Å². The average molecular weight is 339 g/mol. The summed E-state index contributed by atoms with van der Waals surface area (Å²) in [5.74, 6) is 0.425. The van der Waals surface area contributed by atoms with Crippen molar-refractivity contribution in [3.63, 3.8) is 0 Å². The van der Waals surface area contributed by atoms with Crippen LogP contribution < -0.4 is 0 Å². The Labute approximate surface area is 147 Å². The highest BCUT2D eigenvalue weighted by Crippen LogP contribution is 2.21. The number of aliphatic imine (C=N–C) groups is 1. The Kier molecular flexibility index (Phi) is 4.53. The maximum absolute atomic E-state index is 14.0. The van der Waals surface area contributed by atoms with E-state index in [1.807, 2.05) is 19.2 Å². The maximum atomic E-state index is 14.0. The van der Waals surface area contributed by atoms with Crippen LogP contribution in [-0.4, -0.2) is 38.7 Å². The molecule has 0 N–H and O–H groups in total. The molecule has 0 bridgehead atoms. The number of hydrogen-bond donors (Lipinski definition) is 0. The van der Waals surface area contributed by atoms with Crippen LogP contribution in [-0.2, 0) is 19.5 Å². The SMILES string of the molecule is Cc1ccnc(F)c1CN1CCc2nc(C3=NCCCC3)ncc2C1. The van der Waals surface area contributed by atoms with Crippen molar-refractivity contribution in [3.05, 3.63) is 52.6 Å². The Balaban J connectivity index is 1.51. The Morgan fingerprint density at radius 1 is 1.20 bits per heavy atom. The van der Waals surface area contributed by atoms with Gasteiger partial charge in [0.2, 0.25) is 5.95 Å². The minimum Gasteiger partial charge on any atom is -0.294 e. The molecule has 0 spiro atoms. The second-order valence-corrected chi connectivity index (χ2v) is 6.81.